The summed E-state index contributed by atoms with van der Waals surface area (Å²) in [4.78, 5) is 46.3. The number of urea groups is 1. The number of nitrogens with zero attached hydrogens (tertiary/aromatic N) is 1. The van der Waals surface area contributed by atoms with Gasteiger partial charge in [-0.2, -0.15) is 0 Å². The fraction of sp³-hybridized carbons (Fsp3) is 0.615. The number of aliphatic hydroxyl groups excluding tert-OH is 2. The van der Waals surface area contributed by atoms with E-state index in [-0.39, 0.29) is 4.99 Å². The first-order valence-corrected chi connectivity index (χ1v) is 8.02. The summed E-state index contributed by atoms with van der Waals surface area (Å²) in [5.41, 5.74) is 12.8. The quantitative estimate of drug-likeness (QED) is 0.136. The van der Waals surface area contributed by atoms with E-state index in [1.165, 1.54) is 7.05 Å². The fourth-order valence-electron chi connectivity index (χ4n) is 1.77. The topological polar surface area (TPSA) is 220 Å². The molecule has 4 unspecified atom stereocenters. The molecule has 154 valence electrons. The zero-order valence-electron chi connectivity index (χ0n) is 14.7. The van der Waals surface area contributed by atoms with Gasteiger partial charge in [-0.3, -0.25) is 20.0 Å². The molecule has 0 aromatic heterocycles. The van der Waals surface area contributed by atoms with E-state index in [9.17, 15) is 24.3 Å². The maximum Gasteiger partial charge on any atom is 0.328 e. The lowest BCUT2D eigenvalue weighted by atomic mass is 10.1. The van der Waals surface area contributed by atoms with Crippen molar-refractivity contribution in [3.63, 3.8) is 0 Å². The number of nitrogens with one attached hydrogen (secondary N) is 3. The number of carbonyl (C=O) groups excluding carboxylic acids is 3. The van der Waals surface area contributed by atoms with E-state index in [1.807, 2.05) is 5.32 Å². The van der Waals surface area contributed by atoms with Crippen LogP contribution in [0.4, 0.5) is 4.79 Å². The van der Waals surface area contributed by atoms with E-state index in [0.717, 1.165) is 11.9 Å². The lowest BCUT2D eigenvalue weighted by Crippen LogP contribution is -2.59. The molecule has 0 aromatic carbocycles. The third-order valence-corrected chi connectivity index (χ3v) is 3.76. The van der Waals surface area contributed by atoms with Crippen LogP contribution in [0, 0.1) is 0 Å². The monoisotopic (exact) mass is 408 g/mol. The average molecular weight is 408 g/mol. The standard InChI is InChI=1S/C13H24N6O7S/c1-5(21)9(12(24)25)17-13(26)16-7(3-8(15)22)10(23)18-19(2)11(27)6(14)4-20/h5-7,9,20-21H,3-4,14H2,1-2H3,(H2,15,22)(H,18,23)(H,24,25)(H2,16,17,26). The summed E-state index contributed by atoms with van der Waals surface area (Å²) in [6, 6.07) is -5.16. The summed E-state index contributed by atoms with van der Waals surface area (Å²) >= 11 is 4.94. The van der Waals surface area contributed by atoms with Crippen molar-refractivity contribution < 1.29 is 34.5 Å². The minimum atomic E-state index is -1.64. The molecular formula is C13H24N6O7S. The number of carbonyl (C=O) groups is 4. The fourth-order valence-corrected chi connectivity index (χ4v) is 1.89. The first-order chi connectivity index (χ1) is 12.4. The molecule has 4 atom stereocenters. The lowest BCUT2D eigenvalue weighted by molar-refractivity contribution is -0.141. The molecule has 0 spiro atoms. The highest BCUT2D eigenvalue weighted by molar-refractivity contribution is 7.80. The highest BCUT2D eigenvalue weighted by Crippen LogP contribution is 1.98. The molecular weight excluding hydrogens is 384 g/mol. The number of hydrazine groups is 1. The molecule has 4 amide bonds. The Bertz CT molecular complexity index is 588. The van der Waals surface area contributed by atoms with Crippen LogP contribution < -0.4 is 27.5 Å². The second kappa shape index (κ2) is 11.2. The van der Waals surface area contributed by atoms with Crippen molar-refractivity contribution in [1.29, 1.82) is 0 Å². The van der Waals surface area contributed by atoms with Gasteiger partial charge in [-0.15, -0.1) is 0 Å². The van der Waals surface area contributed by atoms with Crippen molar-refractivity contribution in [2.24, 2.45) is 11.5 Å². The Morgan fingerprint density at radius 2 is 1.78 bits per heavy atom. The molecule has 0 aliphatic rings. The number of likely N-dealkylation sites (N-methyl/N-ethyl adjacent to an activating group) is 1. The maximum absolute atomic E-state index is 12.3. The van der Waals surface area contributed by atoms with Gasteiger partial charge < -0.3 is 37.4 Å². The van der Waals surface area contributed by atoms with Gasteiger partial charge in [-0.25, -0.2) is 9.59 Å². The number of hydrogen-bond donors (Lipinski definition) is 8. The molecule has 0 saturated heterocycles. The van der Waals surface area contributed by atoms with E-state index in [2.05, 4.69) is 10.7 Å². The van der Waals surface area contributed by atoms with Crippen LogP contribution in [0.5, 0.6) is 0 Å². The van der Waals surface area contributed by atoms with Gasteiger partial charge in [0, 0.05) is 7.05 Å². The van der Waals surface area contributed by atoms with Gasteiger partial charge in [-0.05, 0) is 6.92 Å². The van der Waals surface area contributed by atoms with Gasteiger partial charge in [-0.1, -0.05) is 12.2 Å². The Labute approximate surface area is 160 Å². The molecule has 0 aliphatic heterocycles. The number of carboxylic acid groups (broad SMARTS) is 1. The molecule has 0 fully saturated rings. The number of thiocarbonyl (C=S) groups is 1. The van der Waals surface area contributed by atoms with Gasteiger partial charge in [0.2, 0.25) is 5.91 Å². The Morgan fingerprint density at radius 1 is 1.22 bits per heavy atom. The Kier molecular flexibility index (Phi) is 10.2. The summed E-state index contributed by atoms with van der Waals surface area (Å²) in [5, 5.41) is 32.3. The van der Waals surface area contributed by atoms with E-state index < -0.39 is 61.1 Å². The summed E-state index contributed by atoms with van der Waals surface area (Å²) in [6.45, 7) is 0.674. The SMILES string of the molecule is CC(O)C(NC(=O)NC(CC(N)=O)C(=O)NN(C)C(=S)C(N)CO)C(=O)O. The summed E-state index contributed by atoms with van der Waals surface area (Å²) in [6.07, 6.45) is -2.02. The number of carboxylic acids is 1. The second-order valence-corrected chi connectivity index (χ2v) is 5.98. The molecule has 0 saturated carbocycles. The highest BCUT2D eigenvalue weighted by atomic mass is 32.1. The van der Waals surface area contributed by atoms with Crippen LogP contribution >= 0.6 is 12.2 Å². The highest BCUT2D eigenvalue weighted by Gasteiger charge is 2.29. The van der Waals surface area contributed by atoms with E-state index >= 15 is 0 Å². The molecule has 27 heavy (non-hydrogen) atoms. The zero-order valence-corrected chi connectivity index (χ0v) is 15.5. The van der Waals surface area contributed by atoms with Crippen molar-refractivity contribution in [3.05, 3.63) is 0 Å². The molecule has 0 aliphatic carbocycles. The number of rotatable bonds is 9. The number of aliphatic carboxylic acids is 1. The van der Waals surface area contributed by atoms with Crippen molar-refractivity contribution in [2.75, 3.05) is 13.7 Å². The molecule has 10 N–H and O–H groups in total. The Morgan fingerprint density at radius 3 is 2.19 bits per heavy atom. The van der Waals surface area contributed by atoms with Crippen LogP contribution in [-0.4, -0.2) is 87.0 Å². The summed E-state index contributed by atoms with van der Waals surface area (Å²) < 4.78 is 0. The Hall–Kier alpha value is -2.55. The van der Waals surface area contributed by atoms with Gasteiger partial charge in [0.15, 0.2) is 6.04 Å². The van der Waals surface area contributed by atoms with Crippen LogP contribution in [0.15, 0.2) is 0 Å². The predicted molar refractivity (Wildman–Crippen MR) is 95.9 cm³/mol. The lowest BCUT2D eigenvalue weighted by Gasteiger charge is -2.27. The zero-order chi connectivity index (χ0) is 21.3. The normalized spacial score (nSPS) is 14.9. The number of amides is 4. The number of primary amides is 1. The van der Waals surface area contributed by atoms with Crippen molar-refractivity contribution in [1.82, 2.24) is 21.1 Å². The van der Waals surface area contributed by atoms with Crippen molar-refractivity contribution in [2.45, 2.75) is 37.6 Å². The minimum Gasteiger partial charge on any atom is -0.480 e. The molecule has 0 aromatic rings. The summed E-state index contributed by atoms with van der Waals surface area (Å²) in [5.74, 6) is -3.32. The van der Waals surface area contributed by atoms with Crippen LogP contribution in [0.2, 0.25) is 0 Å². The first kappa shape index (κ1) is 24.5. The first-order valence-electron chi connectivity index (χ1n) is 7.61. The van der Waals surface area contributed by atoms with Gasteiger partial charge in [0.25, 0.3) is 5.91 Å². The molecule has 13 nitrogen and oxygen atoms in total. The van der Waals surface area contributed by atoms with Crippen molar-refractivity contribution >= 4 is 41.0 Å². The van der Waals surface area contributed by atoms with E-state index in [1.54, 1.807) is 0 Å². The van der Waals surface area contributed by atoms with E-state index in [4.69, 9.17) is 33.9 Å². The number of hydrogen-bond acceptors (Lipinski definition) is 8. The van der Waals surface area contributed by atoms with Gasteiger partial charge >= 0.3 is 12.0 Å². The largest absolute Gasteiger partial charge is 0.480 e. The number of nitrogens with two attached hydrogens (primary N) is 2. The molecule has 14 heteroatoms. The average Bonchev–Trinajstić information content (AvgIpc) is 2.56. The van der Waals surface area contributed by atoms with Gasteiger partial charge in [0.1, 0.15) is 11.0 Å². The predicted octanol–water partition coefficient (Wildman–Crippen LogP) is -4.03. The number of aliphatic hydroxyl groups is 2. The maximum atomic E-state index is 12.3. The molecule has 0 bridgehead atoms. The van der Waals surface area contributed by atoms with Crippen LogP contribution in [0.3, 0.4) is 0 Å². The minimum absolute atomic E-state index is 0.0202. The summed E-state index contributed by atoms with van der Waals surface area (Å²) in [7, 11) is 1.32. The van der Waals surface area contributed by atoms with Crippen LogP contribution in [0.1, 0.15) is 13.3 Å². The molecule has 0 heterocycles. The van der Waals surface area contributed by atoms with Crippen molar-refractivity contribution in [3.8, 4) is 0 Å². The van der Waals surface area contributed by atoms with E-state index in [0.29, 0.717) is 0 Å². The van der Waals surface area contributed by atoms with Gasteiger partial charge in [0.05, 0.1) is 25.2 Å². The smallest absolute Gasteiger partial charge is 0.328 e. The molecule has 0 rings (SSSR count). The Balaban J connectivity index is 5.08. The van der Waals surface area contributed by atoms with Crippen LogP contribution in [0.25, 0.3) is 0 Å². The second-order valence-electron chi connectivity index (χ2n) is 5.56. The molecule has 0 radical (unpaired) electrons. The third-order valence-electron chi connectivity index (χ3n) is 3.18. The third kappa shape index (κ3) is 8.59. The van der Waals surface area contributed by atoms with Crippen LogP contribution in [-0.2, 0) is 14.4 Å².